The Bertz CT molecular complexity index is 340. The average molecular weight is 284 g/mol. The van der Waals surface area contributed by atoms with Crippen molar-refractivity contribution in [1.29, 1.82) is 0 Å². The van der Waals surface area contributed by atoms with Crippen LogP contribution in [0.3, 0.4) is 0 Å². The highest BCUT2D eigenvalue weighted by Gasteiger charge is 2.34. The van der Waals surface area contributed by atoms with Crippen molar-refractivity contribution in [3.05, 3.63) is 0 Å². The lowest BCUT2D eigenvalue weighted by atomic mass is 9.93. The number of nitrogens with one attached hydrogen (secondary N) is 1. The summed E-state index contributed by atoms with van der Waals surface area (Å²) in [6, 6.07) is 0.0333. The van der Waals surface area contributed by atoms with Crippen LogP contribution in [0.2, 0.25) is 0 Å². The van der Waals surface area contributed by atoms with Crippen LogP contribution in [0.5, 0.6) is 0 Å². The minimum atomic E-state index is -0.312. The second-order valence-corrected chi connectivity index (χ2v) is 6.61. The summed E-state index contributed by atoms with van der Waals surface area (Å²) in [6.07, 6.45) is 7.84. The second-order valence-electron chi connectivity index (χ2n) is 5.48. The Morgan fingerprint density at radius 1 is 1.26 bits per heavy atom. The molecule has 0 aromatic rings. The van der Waals surface area contributed by atoms with Crippen molar-refractivity contribution in [2.45, 2.75) is 62.8 Å². The molecule has 1 aliphatic carbocycles. The highest BCUT2D eigenvalue weighted by molar-refractivity contribution is 7.99. The number of nitrogens with zero attached hydrogens (tertiary/aromatic N) is 1. The SMILES string of the molecule is CCC1NC(=O)CCN(C2CCC(SC)CC2)C1=O. The predicted octanol–water partition coefficient (Wildman–Crippen LogP) is 1.79. The number of hydrogen-bond acceptors (Lipinski definition) is 3. The zero-order valence-electron chi connectivity index (χ0n) is 11.9. The third kappa shape index (κ3) is 3.44. The molecule has 1 unspecified atom stereocenters. The highest BCUT2D eigenvalue weighted by atomic mass is 32.2. The first-order chi connectivity index (χ1) is 9.15. The van der Waals surface area contributed by atoms with Crippen LogP contribution in [-0.2, 0) is 9.59 Å². The Morgan fingerprint density at radius 3 is 2.53 bits per heavy atom. The Kier molecular flexibility index (Phi) is 5.13. The van der Waals surface area contributed by atoms with Gasteiger partial charge in [-0.05, 0) is 38.4 Å². The molecule has 1 heterocycles. The van der Waals surface area contributed by atoms with Crippen LogP contribution in [0.1, 0.15) is 45.4 Å². The Labute approximate surface area is 119 Å². The van der Waals surface area contributed by atoms with Crippen molar-refractivity contribution in [2.24, 2.45) is 0 Å². The van der Waals surface area contributed by atoms with Crippen LogP contribution in [0.25, 0.3) is 0 Å². The summed E-state index contributed by atoms with van der Waals surface area (Å²) in [5, 5.41) is 3.58. The minimum Gasteiger partial charge on any atom is -0.344 e. The van der Waals surface area contributed by atoms with Crippen molar-refractivity contribution < 1.29 is 9.59 Å². The van der Waals surface area contributed by atoms with Gasteiger partial charge in [0, 0.05) is 24.3 Å². The van der Waals surface area contributed by atoms with Crippen molar-refractivity contribution in [3.8, 4) is 0 Å². The first kappa shape index (κ1) is 14.7. The first-order valence-corrected chi connectivity index (χ1v) is 8.57. The van der Waals surface area contributed by atoms with E-state index in [2.05, 4.69) is 11.6 Å². The molecule has 1 N–H and O–H groups in total. The van der Waals surface area contributed by atoms with Crippen LogP contribution in [0.4, 0.5) is 0 Å². The van der Waals surface area contributed by atoms with Gasteiger partial charge in [0.2, 0.25) is 11.8 Å². The monoisotopic (exact) mass is 284 g/mol. The number of amides is 2. The molecule has 0 radical (unpaired) electrons. The molecule has 108 valence electrons. The zero-order valence-corrected chi connectivity index (χ0v) is 12.7. The van der Waals surface area contributed by atoms with Crippen LogP contribution in [-0.4, -0.2) is 46.8 Å². The summed E-state index contributed by atoms with van der Waals surface area (Å²) in [7, 11) is 0. The third-order valence-electron chi connectivity index (χ3n) is 4.32. The predicted molar refractivity (Wildman–Crippen MR) is 78.1 cm³/mol. The fraction of sp³-hybridized carbons (Fsp3) is 0.857. The molecule has 0 aromatic heterocycles. The largest absolute Gasteiger partial charge is 0.344 e. The smallest absolute Gasteiger partial charge is 0.245 e. The van der Waals surface area contributed by atoms with Gasteiger partial charge in [-0.15, -0.1) is 0 Å². The molecule has 2 amide bonds. The van der Waals surface area contributed by atoms with E-state index in [-0.39, 0.29) is 17.9 Å². The molecule has 4 nitrogen and oxygen atoms in total. The van der Waals surface area contributed by atoms with Gasteiger partial charge < -0.3 is 10.2 Å². The quantitative estimate of drug-likeness (QED) is 0.859. The molecule has 1 saturated carbocycles. The van der Waals surface area contributed by atoms with Crippen molar-refractivity contribution in [1.82, 2.24) is 10.2 Å². The molecule has 2 rings (SSSR count). The summed E-state index contributed by atoms with van der Waals surface area (Å²) in [6.45, 7) is 2.55. The Balaban J connectivity index is 2.01. The van der Waals surface area contributed by atoms with E-state index in [9.17, 15) is 9.59 Å². The maximum absolute atomic E-state index is 12.5. The lowest BCUT2D eigenvalue weighted by Gasteiger charge is -2.36. The summed E-state index contributed by atoms with van der Waals surface area (Å²) >= 11 is 1.93. The lowest BCUT2D eigenvalue weighted by molar-refractivity contribution is -0.136. The van der Waals surface area contributed by atoms with E-state index in [0.29, 0.717) is 25.4 Å². The topological polar surface area (TPSA) is 49.4 Å². The van der Waals surface area contributed by atoms with Crippen molar-refractivity contribution in [3.63, 3.8) is 0 Å². The van der Waals surface area contributed by atoms with Crippen LogP contribution in [0.15, 0.2) is 0 Å². The molecule has 5 heteroatoms. The van der Waals surface area contributed by atoms with Gasteiger partial charge in [-0.25, -0.2) is 0 Å². The second kappa shape index (κ2) is 6.64. The van der Waals surface area contributed by atoms with E-state index >= 15 is 0 Å². The van der Waals surface area contributed by atoms with E-state index in [1.54, 1.807) is 0 Å². The molecule has 0 spiro atoms. The molecule has 2 aliphatic rings. The van der Waals surface area contributed by atoms with E-state index in [1.165, 1.54) is 12.8 Å². The van der Waals surface area contributed by atoms with Gasteiger partial charge in [0.15, 0.2) is 0 Å². The van der Waals surface area contributed by atoms with Crippen molar-refractivity contribution in [2.75, 3.05) is 12.8 Å². The summed E-state index contributed by atoms with van der Waals surface area (Å²) in [5.41, 5.74) is 0. The number of hydrogen-bond donors (Lipinski definition) is 1. The van der Waals surface area contributed by atoms with E-state index in [1.807, 2.05) is 23.6 Å². The lowest BCUT2D eigenvalue weighted by Crippen LogP contribution is -2.49. The number of thioether (sulfide) groups is 1. The maximum Gasteiger partial charge on any atom is 0.245 e. The minimum absolute atomic E-state index is 0.0144. The molecule has 0 bridgehead atoms. The molecule has 1 saturated heterocycles. The summed E-state index contributed by atoms with van der Waals surface area (Å²) in [4.78, 5) is 26.1. The van der Waals surface area contributed by atoms with Gasteiger partial charge in [0.05, 0.1) is 0 Å². The van der Waals surface area contributed by atoms with Crippen LogP contribution >= 0.6 is 11.8 Å². The molecule has 19 heavy (non-hydrogen) atoms. The Morgan fingerprint density at radius 2 is 1.95 bits per heavy atom. The van der Waals surface area contributed by atoms with Gasteiger partial charge in [0.1, 0.15) is 6.04 Å². The van der Waals surface area contributed by atoms with Gasteiger partial charge in [-0.1, -0.05) is 6.92 Å². The number of rotatable bonds is 3. The van der Waals surface area contributed by atoms with E-state index < -0.39 is 0 Å². The molecule has 2 fully saturated rings. The molecule has 1 aliphatic heterocycles. The first-order valence-electron chi connectivity index (χ1n) is 7.28. The number of carbonyl (C=O) groups excluding carboxylic acids is 2. The van der Waals surface area contributed by atoms with Crippen molar-refractivity contribution >= 4 is 23.6 Å². The van der Waals surface area contributed by atoms with Gasteiger partial charge in [0.25, 0.3) is 0 Å². The van der Waals surface area contributed by atoms with E-state index in [0.717, 1.165) is 18.1 Å². The van der Waals surface area contributed by atoms with Crippen LogP contribution in [0, 0.1) is 0 Å². The van der Waals surface area contributed by atoms with Crippen LogP contribution < -0.4 is 5.32 Å². The van der Waals surface area contributed by atoms with E-state index in [4.69, 9.17) is 0 Å². The fourth-order valence-electron chi connectivity index (χ4n) is 3.09. The van der Waals surface area contributed by atoms with Gasteiger partial charge in [-0.3, -0.25) is 9.59 Å². The van der Waals surface area contributed by atoms with Gasteiger partial charge in [-0.2, -0.15) is 11.8 Å². The Hall–Kier alpha value is -0.710. The average Bonchev–Trinajstić information content (AvgIpc) is 2.58. The number of carbonyl (C=O) groups is 2. The molecular formula is C14H24N2O2S. The summed E-state index contributed by atoms with van der Waals surface area (Å²) in [5.74, 6) is 0.140. The maximum atomic E-state index is 12.5. The zero-order chi connectivity index (χ0) is 13.8. The third-order valence-corrected chi connectivity index (χ3v) is 5.46. The summed E-state index contributed by atoms with van der Waals surface area (Å²) < 4.78 is 0. The molecule has 1 atom stereocenters. The normalized spacial score (nSPS) is 32.9. The molecular weight excluding hydrogens is 260 g/mol. The molecule has 0 aromatic carbocycles. The fourth-order valence-corrected chi connectivity index (χ4v) is 3.84. The standard InChI is InChI=1S/C14H24N2O2S/c1-3-12-14(18)16(9-8-13(17)15-12)10-4-6-11(19-2)7-5-10/h10-12H,3-9H2,1-2H3,(H,15,17). The van der Waals surface area contributed by atoms with Gasteiger partial charge >= 0.3 is 0 Å². The highest BCUT2D eigenvalue weighted by Crippen LogP contribution is 2.30.